The smallest absolute Gasteiger partial charge is 0.252 e. The molecule has 0 spiro atoms. The molecule has 2 aromatic rings. The van der Waals surface area contributed by atoms with E-state index in [-0.39, 0.29) is 5.91 Å². The van der Waals surface area contributed by atoms with Crippen molar-refractivity contribution in [3.63, 3.8) is 0 Å². The van der Waals surface area contributed by atoms with Gasteiger partial charge in [0.05, 0.1) is 5.56 Å². The lowest BCUT2D eigenvalue weighted by molar-refractivity contribution is 0.0952. The molecule has 1 saturated heterocycles. The van der Waals surface area contributed by atoms with Gasteiger partial charge in [-0.1, -0.05) is 20.8 Å². The van der Waals surface area contributed by atoms with Gasteiger partial charge in [0.15, 0.2) is 0 Å². The summed E-state index contributed by atoms with van der Waals surface area (Å²) in [4.78, 5) is 23.7. The minimum atomic E-state index is -0.0572. The Morgan fingerprint density at radius 3 is 2.86 bits per heavy atom. The van der Waals surface area contributed by atoms with Gasteiger partial charge in [-0.15, -0.1) is 0 Å². The molecule has 6 heteroatoms. The average Bonchev–Trinajstić information content (AvgIpc) is 3.06. The first-order chi connectivity index (χ1) is 13.5. The largest absolute Gasteiger partial charge is 0.357 e. The summed E-state index contributed by atoms with van der Waals surface area (Å²) in [6.45, 7) is 10.2. The summed E-state index contributed by atoms with van der Waals surface area (Å²) < 4.78 is 2.16. The zero-order chi connectivity index (χ0) is 19.9. The summed E-state index contributed by atoms with van der Waals surface area (Å²) in [5.41, 5.74) is 0.623. The van der Waals surface area contributed by atoms with Crippen LogP contribution in [0.5, 0.6) is 0 Å². The Morgan fingerprint density at radius 2 is 2.11 bits per heavy atom. The maximum Gasteiger partial charge on any atom is 0.252 e. The molecule has 1 aliphatic heterocycles. The van der Waals surface area contributed by atoms with Gasteiger partial charge in [0.25, 0.3) is 5.91 Å². The van der Waals surface area contributed by atoms with Crippen LogP contribution in [-0.2, 0) is 6.54 Å². The Kier molecular flexibility index (Phi) is 7.06. The lowest BCUT2D eigenvalue weighted by Gasteiger charge is -2.21. The molecule has 0 bridgehead atoms. The maximum atomic E-state index is 12.4. The molecule has 0 saturated carbocycles. The van der Waals surface area contributed by atoms with Crippen LogP contribution in [0.25, 0.3) is 0 Å². The summed E-state index contributed by atoms with van der Waals surface area (Å²) in [6.07, 6.45) is 10.1. The van der Waals surface area contributed by atoms with Gasteiger partial charge in [-0.3, -0.25) is 4.79 Å². The van der Waals surface area contributed by atoms with Crippen LogP contribution in [0.3, 0.4) is 0 Å². The normalized spacial score (nSPS) is 17.6. The van der Waals surface area contributed by atoms with Crippen molar-refractivity contribution in [2.45, 2.75) is 58.9 Å². The van der Waals surface area contributed by atoms with Gasteiger partial charge in [-0.25, -0.2) is 9.97 Å². The van der Waals surface area contributed by atoms with Gasteiger partial charge in [0.1, 0.15) is 11.6 Å². The Labute approximate surface area is 168 Å². The van der Waals surface area contributed by atoms with E-state index in [2.05, 4.69) is 45.5 Å². The highest BCUT2D eigenvalue weighted by Crippen LogP contribution is 2.21. The van der Waals surface area contributed by atoms with E-state index in [1.54, 1.807) is 6.20 Å². The molecule has 1 aliphatic rings. The molecule has 3 rings (SSSR count). The third-order valence-electron chi connectivity index (χ3n) is 5.48. The zero-order valence-corrected chi connectivity index (χ0v) is 17.4. The molecule has 0 aromatic carbocycles. The lowest BCUT2D eigenvalue weighted by atomic mass is 10.0. The van der Waals surface area contributed by atoms with E-state index in [0.29, 0.717) is 18.0 Å². The fourth-order valence-corrected chi connectivity index (χ4v) is 3.76. The van der Waals surface area contributed by atoms with Gasteiger partial charge in [-0.2, -0.15) is 0 Å². The lowest BCUT2D eigenvalue weighted by Crippen LogP contribution is -2.27. The number of aryl methyl sites for hydroxylation is 1. The number of anilines is 1. The number of nitrogens with one attached hydrogen (secondary N) is 1. The molecule has 1 unspecified atom stereocenters. The van der Waals surface area contributed by atoms with E-state index in [1.165, 1.54) is 19.3 Å². The number of imidazole rings is 1. The van der Waals surface area contributed by atoms with Crippen molar-refractivity contribution in [3.8, 4) is 0 Å². The molecule has 0 radical (unpaired) electrons. The molecule has 1 N–H and O–H groups in total. The number of hydrogen-bond acceptors (Lipinski definition) is 4. The summed E-state index contributed by atoms with van der Waals surface area (Å²) in [5.74, 6) is 3.20. The van der Waals surface area contributed by atoms with E-state index < -0.39 is 0 Å². The van der Waals surface area contributed by atoms with Gasteiger partial charge < -0.3 is 14.8 Å². The standard InChI is InChI=1S/C22H33N5O/c1-17(2)21-23-11-15-27(21)13-5-10-24-22(28)19-7-8-20(25-16-19)26-12-4-6-18(3)9-14-26/h7-8,11,15-18H,4-6,9-10,12-14H2,1-3H3,(H,24,28). The van der Waals surface area contributed by atoms with Crippen molar-refractivity contribution in [2.24, 2.45) is 5.92 Å². The first kappa shape index (κ1) is 20.4. The van der Waals surface area contributed by atoms with Gasteiger partial charge >= 0.3 is 0 Å². The number of rotatable bonds is 7. The summed E-state index contributed by atoms with van der Waals surface area (Å²) in [5, 5.41) is 3.00. The summed E-state index contributed by atoms with van der Waals surface area (Å²) in [7, 11) is 0. The van der Waals surface area contributed by atoms with Crippen molar-refractivity contribution in [2.75, 3.05) is 24.5 Å². The van der Waals surface area contributed by atoms with E-state index >= 15 is 0 Å². The summed E-state index contributed by atoms with van der Waals surface area (Å²) >= 11 is 0. The molecule has 28 heavy (non-hydrogen) atoms. The molecular formula is C22H33N5O. The molecule has 6 nitrogen and oxygen atoms in total. The Hall–Kier alpha value is -2.37. The van der Waals surface area contributed by atoms with Crippen LogP contribution in [0.2, 0.25) is 0 Å². The fourth-order valence-electron chi connectivity index (χ4n) is 3.76. The third-order valence-corrected chi connectivity index (χ3v) is 5.48. The summed E-state index contributed by atoms with van der Waals surface area (Å²) in [6, 6.07) is 3.87. The van der Waals surface area contributed by atoms with Crippen LogP contribution in [-0.4, -0.2) is 40.1 Å². The number of hydrogen-bond donors (Lipinski definition) is 1. The molecule has 3 heterocycles. The van der Waals surface area contributed by atoms with E-state index in [9.17, 15) is 4.79 Å². The van der Waals surface area contributed by atoms with Crippen molar-refractivity contribution in [1.82, 2.24) is 19.9 Å². The first-order valence-corrected chi connectivity index (χ1v) is 10.5. The molecule has 1 fully saturated rings. The highest BCUT2D eigenvalue weighted by Gasteiger charge is 2.15. The van der Waals surface area contributed by atoms with Crippen molar-refractivity contribution >= 4 is 11.7 Å². The SMILES string of the molecule is CC1CCCN(c2ccc(C(=O)NCCCn3ccnc3C(C)C)cn2)CC1. The van der Waals surface area contributed by atoms with Crippen LogP contribution in [0.4, 0.5) is 5.82 Å². The maximum absolute atomic E-state index is 12.4. The minimum absolute atomic E-state index is 0.0572. The van der Waals surface area contributed by atoms with Crippen molar-refractivity contribution < 1.29 is 4.79 Å². The molecule has 2 aromatic heterocycles. The van der Waals surface area contributed by atoms with E-state index in [4.69, 9.17) is 0 Å². The molecular weight excluding hydrogens is 350 g/mol. The molecule has 0 aliphatic carbocycles. The highest BCUT2D eigenvalue weighted by molar-refractivity contribution is 5.94. The van der Waals surface area contributed by atoms with Crippen LogP contribution < -0.4 is 10.2 Å². The minimum Gasteiger partial charge on any atom is -0.357 e. The topological polar surface area (TPSA) is 63.1 Å². The number of aromatic nitrogens is 3. The van der Waals surface area contributed by atoms with E-state index in [1.807, 2.05) is 24.5 Å². The number of carbonyl (C=O) groups excluding carboxylic acids is 1. The second kappa shape index (κ2) is 9.71. The Bertz CT molecular complexity index is 753. The Morgan fingerprint density at radius 1 is 1.25 bits per heavy atom. The highest BCUT2D eigenvalue weighted by atomic mass is 16.1. The van der Waals surface area contributed by atoms with Crippen LogP contribution in [0.15, 0.2) is 30.7 Å². The van der Waals surface area contributed by atoms with Crippen LogP contribution in [0, 0.1) is 5.92 Å². The zero-order valence-electron chi connectivity index (χ0n) is 17.4. The van der Waals surface area contributed by atoms with Crippen LogP contribution >= 0.6 is 0 Å². The quantitative estimate of drug-likeness (QED) is 0.738. The molecule has 1 atom stereocenters. The second-order valence-electron chi connectivity index (χ2n) is 8.17. The van der Waals surface area contributed by atoms with E-state index in [0.717, 1.165) is 43.6 Å². The number of amides is 1. The first-order valence-electron chi connectivity index (χ1n) is 10.5. The van der Waals surface area contributed by atoms with Crippen molar-refractivity contribution in [1.29, 1.82) is 0 Å². The molecule has 1 amide bonds. The number of pyridine rings is 1. The van der Waals surface area contributed by atoms with Crippen LogP contribution in [0.1, 0.15) is 68.6 Å². The predicted molar refractivity (Wildman–Crippen MR) is 113 cm³/mol. The molecule has 152 valence electrons. The third kappa shape index (κ3) is 5.33. The Balaban J connectivity index is 1.46. The van der Waals surface area contributed by atoms with Gasteiger partial charge in [0.2, 0.25) is 0 Å². The average molecular weight is 384 g/mol. The monoisotopic (exact) mass is 383 g/mol. The van der Waals surface area contributed by atoms with Gasteiger partial charge in [-0.05, 0) is 43.7 Å². The van der Waals surface area contributed by atoms with Gasteiger partial charge in [0, 0.05) is 50.7 Å². The number of carbonyl (C=O) groups is 1. The van der Waals surface area contributed by atoms with Crippen molar-refractivity contribution in [3.05, 3.63) is 42.1 Å². The fraction of sp³-hybridized carbons (Fsp3) is 0.591. The second-order valence-corrected chi connectivity index (χ2v) is 8.17. The predicted octanol–water partition coefficient (Wildman–Crippen LogP) is 3.85. The number of nitrogens with zero attached hydrogens (tertiary/aromatic N) is 4.